The number of benzene rings is 1. The first kappa shape index (κ1) is 17.2. The standard InChI is InChI=1S/C18H27F2NO/c1-14(2)17-15(6-4-8-16(17)22-3)7-5-11-21-12-9-18(19,20)10-13-21/h4,6,8,14H,5,7,9-13H2,1-3H3. The van der Waals surface area contributed by atoms with Gasteiger partial charge in [-0.25, -0.2) is 8.78 Å². The Balaban J connectivity index is 1.90. The molecule has 2 nitrogen and oxygen atoms in total. The zero-order chi connectivity index (χ0) is 16.2. The maximum absolute atomic E-state index is 13.1. The number of ether oxygens (including phenoxy) is 1. The van der Waals surface area contributed by atoms with E-state index in [2.05, 4.69) is 24.8 Å². The highest BCUT2D eigenvalue weighted by molar-refractivity contribution is 5.42. The van der Waals surface area contributed by atoms with Gasteiger partial charge in [-0.2, -0.15) is 0 Å². The fourth-order valence-electron chi connectivity index (χ4n) is 3.24. The number of nitrogens with zero attached hydrogens (tertiary/aromatic N) is 1. The van der Waals surface area contributed by atoms with Crippen molar-refractivity contribution in [1.29, 1.82) is 0 Å². The Bertz CT molecular complexity index is 478. The Hall–Kier alpha value is -1.16. The van der Waals surface area contributed by atoms with Gasteiger partial charge in [-0.05, 0) is 42.5 Å². The van der Waals surface area contributed by atoms with Gasteiger partial charge < -0.3 is 9.64 Å². The molecule has 0 amide bonds. The third kappa shape index (κ3) is 4.42. The molecule has 1 aliphatic rings. The molecule has 1 fully saturated rings. The Labute approximate surface area is 132 Å². The van der Waals surface area contributed by atoms with Crippen molar-refractivity contribution in [2.24, 2.45) is 0 Å². The number of hydrogen-bond acceptors (Lipinski definition) is 2. The summed E-state index contributed by atoms with van der Waals surface area (Å²) in [6.45, 7) is 6.28. The van der Waals surface area contributed by atoms with E-state index in [-0.39, 0.29) is 12.8 Å². The van der Waals surface area contributed by atoms with Crippen LogP contribution >= 0.6 is 0 Å². The molecule has 0 aromatic heterocycles. The summed E-state index contributed by atoms with van der Waals surface area (Å²) in [5.41, 5.74) is 2.59. The Morgan fingerprint density at radius 2 is 1.91 bits per heavy atom. The number of rotatable bonds is 6. The van der Waals surface area contributed by atoms with Crippen molar-refractivity contribution in [1.82, 2.24) is 4.90 Å². The first-order valence-corrected chi connectivity index (χ1v) is 8.19. The van der Waals surface area contributed by atoms with E-state index in [9.17, 15) is 8.78 Å². The molecule has 124 valence electrons. The SMILES string of the molecule is COc1cccc(CCCN2CCC(F)(F)CC2)c1C(C)C. The van der Waals surface area contributed by atoms with Crippen LogP contribution in [0.4, 0.5) is 8.78 Å². The molecule has 0 unspecified atom stereocenters. The van der Waals surface area contributed by atoms with Gasteiger partial charge in [-0.3, -0.25) is 0 Å². The molecular formula is C18H27F2NO. The minimum absolute atomic E-state index is 0.00338. The van der Waals surface area contributed by atoms with Crippen molar-refractivity contribution >= 4 is 0 Å². The van der Waals surface area contributed by atoms with Crippen LogP contribution in [0.5, 0.6) is 5.75 Å². The zero-order valence-corrected chi connectivity index (χ0v) is 13.9. The maximum Gasteiger partial charge on any atom is 0.250 e. The predicted molar refractivity (Wildman–Crippen MR) is 86.0 cm³/mol. The van der Waals surface area contributed by atoms with Crippen LogP contribution < -0.4 is 4.74 Å². The summed E-state index contributed by atoms with van der Waals surface area (Å²) in [4.78, 5) is 2.16. The van der Waals surface area contributed by atoms with E-state index in [1.807, 2.05) is 12.1 Å². The third-order valence-corrected chi connectivity index (χ3v) is 4.46. The molecule has 2 rings (SSSR count). The molecular weight excluding hydrogens is 284 g/mol. The van der Waals surface area contributed by atoms with Crippen LogP contribution in [0.25, 0.3) is 0 Å². The monoisotopic (exact) mass is 311 g/mol. The van der Waals surface area contributed by atoms with Gasteiger partial charge in [0, 0.05) is 25.9 Å². The predicted octanol–water partition coefficient (Wildman–Crippen LogP) is 4.48. The van der Waals surface area contributed by atoms with Crippen LogP contribution in [0, 0.1) is 0 Å². The quantitative estimate of drug-likeness (QED) is 0.768. The summed E-state index contributed by atoms with van der Waals surface area (Å²) in [5.74, 6) is -1.08. The number of piperidine rings is 1. The second kappa shape index (κ2) is 7.40. The Kier molecular flexibility index (Phi) is 5.79. The zero-order valence-electron chi connectivity index (χ0n) is 13.9. The molecule has 0 aliphatic carbocycles. The van der Waals surface area contributed by atoms with E-state index >= 15 is 0 Å². The highest BCUT2D eigenvalue weighted by Crippen LogP contribution is 2.31. The highest BCUT2D eigenvalue weighted by Gasteiger charge is 2.33. The molecule has 0 atom stereocenters. The van der Waals surface area contributed by atoms with Crippen molar-refractivity contribution in [2.45, 2.75) is 51.4 Å². The Morgan fingerprint density at radius 3 is 2.50 bits per heavy atom. The van der Waals surface area contributed by atoms with Crippen LogP contribution in [0.1, 0.15) is 50.2 Å². The van der Waals surface area contributed by atoms with E-state index in [0.717, 1.165) is 25.1 Å². The maximum atomic E-state index is 13.1. The van der Waals surface area contributed by atoms with Gasteiger partial charge in [0.15, 0.2) is 0 Å². The lowest BCUT2D eigenvalue weighted by Gasteiger charge is -2.31. The van der Waals surface area contributed by atoms with E-state index < -0.39 is 5.92 Å². The first-order valence-electron chi connectivity index (χ1n) is 8.19. The topological polar surface area (TPSA) is 12.5 Å². The molecule has 1 aromatic carbocycles. The number of alkyl halides is 2. The summed E-state index contributed by atoms with van der Waals surface area (Å²) in [6.07, 6.45) is 1.98. The van der Waals surface area contributed by atoms with Gasteiger partial charge in [0.1, 0.15) is 5.75 Å². The summed E-state index contributed by atoms with van der Waals surface area (Å²) < 4.78 is 31.8. The van der Waals surface area contributed by atoms with Gasteiger partial charge in [0.2, 0.25) is 0 Å². The van der Waals surface area contributed by atoms with Crippen LogP contribution in [-0.4, -0.2) is 37.6 Å². The summed E-state index contributed by atoms with van der Waals surface area (Å²) in [7, 11) is 1.71. The Morgan fingerprint density at radius 1 is 1.23 bits per heavy atom. The highest BCUT2D eigenvalue weighted by atomic mass is 19.3. The van der Waals surface area contributed by atoms with Gasteiger partial charge in [0.25, 0.3) is 5.92 Å². The number of likely N-dealkylation sites (tertiary alicyclic amines) is 1. The van der Waals surface area contributed by atoms with E-state index in [4.69, 9.17) is 4.74 Å². The lowest BCUT2D eigenvalue weighted by Crippen LogP contribution is -2.39. The van der Waals surface area contributed by atoms with Crippen LogP contribution in [-0.2, 0) is 6.42 Å². The van der Waals surface area contributed by atoms with E-state index in [1.54, 1.807) is 7.11 Å². The summed E-state index contributed by atoms with van der Waals surface area (Å²) >= 11 is 0. The molecule has 0 N–H and O–H groups in total. The molecule has 0 radical (unpaired) electrons. The van der Waals surface area contributed by atoms with Crippen molar-refractivity contribution in [2.75, 3.05) is 26.7 Å². The van der Waals surface area contributed by atoms with E-state index in [1.165, 1.54) is 11.1 Å². The fraction of sp³-hybridized carbons (Fsp3) is 0.667. The molecule has 4 heteroatoms. The minimum Gasteiger partial charge on any atom is -0.496 e. The molecule has 0 spiro atoms. The van der Waals surface area contributed by atoms with Crippen LogP contribution in [0.3, 0.4) is 0 Å². The second-order valence-corrected chi connectivity index (χ2v) is 6.49. The number of methoxy groups -OCH3 is 1. The fourth-order valence-corrected chi connectivity index (χ4v) is 3.24. The van der Waals surface area contributed by atoms with Crippen LogP contribution in [0.2, 0.25) is 0 Å². The second-order valence-electron chi connectivity index (χ2n) is 6.49. The normalized spacial score (nSPS) is 18.6. The van der Waals surface area contributed by atoms with Crippen molar-refractivity contribution in [3.63, 3.8) is 0 Å². The molecule has 1 saturated heterocycles. The van der Waals surface area contributed by atoms with Gasteiger partial charge in [0.05, 0.1) is 7.11 Å². The molecule has 22 heavy (non-hydrogen) atoms. The number of halogens is 2. The van der Waals surface area contributed by atoms with Crippen LogP contribution in [0.15, 0.2) is 18.2 Å². The van der Waals surface area contributed by atoms with Crippen molar-refractivity contribution in [3.05, 3.63) is 29.3 Å². The lowest BCUT2D eigenvalue weighted by molar-refractivity contribution is -0.0551. The number of aryl methyl sites for hydroxylation is 1. The van der Waals surface area contributed by atoms with Gasteiger partial charge in [-0.1, -0.05) is 26.0 Å². The lowest BCUT2D eigenvalue weighted by atomic mass is 9.93. The average molecular weight is 311 g/mol. The van der Waals surface area contributed by atoms with E-state index in [0.29, 0.717) is 19.0 Å². The summed E-state index contributed by atoms with van der Waals surface area (Å²) in [6, 6.07) is 6.19. The first-order chi connectivity index (χ1) is 10.4. The van der Waals surface area contributed by atoms with Crippen molar-refractivity contribution < 1.29 is 13.5 Å². The summed E-state index contributed by atoms with van der Waals surface area (Å²) in [5, 5.41) is 0. The third-order valence-electron chi connectivity index (χ3n) is 4.46. The average Bonchev–Trinajstić information content (AvgIpc) is 2.48. The van der Waals surface area contributed by atoms with Gasteiger partial charge in [-0.15, -0.1) is 0 Å². The van der Waals surface area contributed by atoms with Crippen molar-refractivity contribution in [3.8, 4) is 5.75 Å². The van der Waals surface area contributed by atoms with Gasteiger partial charge >= 0.3 is 0 Å². The molecule has 1 heterocycles. The molecule has 0 bridgehead atoms. The molecule has 0 saturated carbocycles. The number of hydrogen-bond donors (Lipinski definition) is 0. The largest absolute Gasteiger partial charge is 0.496 e. The molecule has 1 aromatic rings. The molecule has 1 aliphatic heterocycles. The smallest absolute Gasteiger partial charge is 0.250 e. The minimum atomic E-state index is -2.45.